The molecule has 0 saturated carbocycles. The van der Waals surface area contributed by atoms with Gasteiger partial charge in [0.25, 0.3) is 0 Å². The summed E-state index contributed by atoms with van der Waals surface area (Å²) in [5.41, 5.74) is 13.0. The Balaban J connectivity index is 1.34. The van der Waals surface area contributed by atoms with E-state index in [0.717, 1.165) is 17.1 Å². The summed E-state index contributed by atoms with van der Waals surface area (Å²) in [7, 11) is 0. The van der Waals surface area contributed by atoms with Gasteiger partial charge in [-0.05, 0) is 109 Å². The van der Waals surface area contributed by atoms with Crippen LogP contribution in [0.15, 0.2) is 212 Å². The zero-order valence-electron chi connectivity index (χ0n) is 28.2. The Morgan fingerprint density at radius 1 is 0.216 bits per heavy atom. The quantitative estimate of drug-likeness (QED) is 0.155. The van der Waals surface area contributed by atoms with Crippen molar-refractivity contribution < 1.29 is 0 Å². The summed E-state index contributed by atoms with van der Waals surface area (Å²) in [4.78, 5) is 2.40. The Hall–Kier alpha value is -6.70. The van der Waals surface area contributed by atoms with E-state index in [0.29, 0.717) is 0 Å². The maximum atomic E-state index is 2.40. The lowest BCUT2D eigenvalue weighted by Gasteiger charge is -2.28. The van der Waals surface area contributed by atoms with Gasteiger partial charge in [0, 0.05) is 17.1 Å². The predicted molar refractivity (Wildman–Crippen MR) is 218 cm³/mol. The molecule has 240 valence electrons. The number of hydrogen-bond donors (Lipinski definition) is 0. The molecule has 0 radical (unpaired) electrons. The van der Waals surface area contributed by atoms with E-state index in [1.165, 1.54) is 66.1 Å². The van der Waals surface area contributed by atoms with E-state index in [1.807, 2.05) is 0 Å². The Kier molecular flexibility index (Phi) is 7.92. The zero-order chi connectivity index (χ0) is 34.0. The highest BCUT2D eigenvalue weighted by atomic mass is 15.1. The van der Waals surface area contributed by atoms with Crippen molar-refractivity contribution in [2.45, 2.75) is 0 Å². The minimum absolute atomic E-state index is 1.11. The number of nitrogens with zero attached hydrogens (tertiary/aromatic N) is 1. The van der Waals surface area contributed by atoms with Crippen LogP contribution in [0.5, 0.6) is 0 Å². The SMILES string of the molecule is c1ccc(-c2cc(-c3ccccc3)cc(N(c3ccccc3)c3ccc4c(-c5ccccc5)c(-c5ccccc5)c5ccccc5c4c3)c2)cc1. The molecule has 9 rings (SSSR count). The maximum Gasteiger partial charge on any atom is 0.0473 e. The van der Waals surface area contributed by atoms with Gasteiger partial charge in [-0.1, -0.05) is 170 Å². The van der Waals surface area contributed by atoms with E-state index in [2.05, 4.69) is 217 Å². The summed E-state index contributed by atoms with van der Waals surface area (Å²) in [5.74, 6) is 0. The number of hydrogen-bond acceptors (Lipinski definition) is 1. The van der Waals surface area contributed by atoms with Crippen LogP contribution in [0.3, 0.4) is 0 Å². The van der Waals surface area contributed by atoms with Crippen LogP contribution < -0.4 is 4.90 Å². The molecular formula is C50H35N. The van der Waals surface area contributed by atoms with Crippen LogP contribution in [0.4, 0.5) is 17.1 Å². The summed E-state index contributed by atoms with van der Waals surface area (Å²) < 4.78 is 0. The molecule has 0 spiro atoms. The Morgan fingerprint density at radius 2 is 0.627 bits per heavy atom. The number of rotatable bonds is 7. The lowest BCUT2D eigenvalue weighted by molar-refractivity contribution is 1.29. The van der Waals surface area contributed by atoms with Gasteiger partial charge < -0.3 is 4.90 Å². The minimum atomic E-state index is 1.11. The lowest BCUT2D eigenvalue weighted by atomic mass is 9.85. The molecule has 0 amide bonds. The van der Waals surface area contributed by atoms with Crippen molar-refractivity contribution in [1.82, 2.24) is 0 Å². The van der Waals surface area contributed by atoms with Crippen molar-refractivity contribution in [1.29, 1.82) is 0 Å². The lowest BCUT2D eigenvalue weighted by Crippen LogP contribution is -2.10. The molecule has 0 aromatic heterocycles. The fourth-order valence-corrected chi connectivity index (χ4v) is 7.49. The molecule has 0 aliphatic heterocycles. The van der Waals surface area contributed by atoms with Crippen LogP contribution in [0.25, 0.3) is 66.1 Å². The van der Waals surface area contributed by atoms with Gasteiger partial charge in [0.1, 0.15) is 0 Å². The zero-order valence-corrected chi connectivity index (χ0v) is 28.2. The third-order valence-electron chi connectivity index (χ3n) is 9.80. The van der Waals surface area contributed by atoms with Crippen molar-refractivity contribution in [2.24, 2.45) is 0 Å². The molecule has 0 heterocycles. The van der Waals surface area contributed by atoms with Gasteiger partial charge in [-0.15, -0.1) is 0 Å². The van der Waals surface area contributed by atoms with Gasteiger partial charge in [-0.25, -0.2) is 0 Å². The second-order valence-electron chi connectivity index (χ2n) is 12.9. The highest BCUT2D eigenvalue weighted by Crippen LogP contribution is 2.47. The molecule has 0 fully saturated rings. The average molecular weight is 650 g/mol. The molecule has 9 aromatic carbocycles. The average Bonchev–Trinajstić information content (AvgIpc) is 3.22. The predicted octanol–water partition coefficient (Wildman–Crippen LogP) is 14.1. The Morgan fingerprint density at radius 3 is 1.14 bits per heavy atom. The first-order valence-electron chi connectivity index (χ1n) is 17.5. The van der Waals surface area contributed by atoms with Crippen LogP contribution in [0.1, 0.15) is 0 Å². The van der Waals surface area contributed by atoms with Gasteiger partial charge in [0.15, 0.2) is 0 Å². The van der Waals surface area contributed by atoms with Crippen LogP contribution in [0, 0.1) is 0 Å². The first-order chi connectivity index (χ1) is 25.3. The standard InChI is InChI=1S/C50H35N/c1-6-18-36(19-7-1)40-32-41(37-20-8-2-9-21-37)34-44(33-40)51(42-26-14-5-15-27-42)43-30-31-47-48(35-43)45-28-16-17-29-46(45)49(38-22-10-3-11-23-38)50(47)39-24-12-4-13-25-39/h1-35H. The first-order valence-corrected chi connectivity index (χ1v) is 17.5. The van der Waals surface area contributed by atoms with Crippen molar-refractivity contribution in [3.63, 3.8) is 0 Å². The summed E-state index contributed by atoms with van der Waals surface area (Å²) in [6.07, 6.45) is 0. The fraction of sp³-hybridized carbons (Fsp3) is 0. The summed E-state index contributed by atoms with van der Waals surface area (Å²) in [6.45, 7) is 0. The Bertz CT molecular complexity index is 2540. The van der Waals surface area contributed by atoms with Gasteiger partial charge in [-0.3, -0.25) is 0 Å². The normalized spacial score (nSPS) is 11.1. The summed E-state index contributed by atoms with van der Waals surface area (Å²) in [5, 5.41) is 4.95. The summed E-state index contributed by atoms with van der Waals surface area (Å²) in [6, 6.07) is 76.6. The topological polar surface area (TPSA) is 3.24 Å². The molecule has 1 nitrogen and oxygen atoms in total. The third-order valence-corrected chi connectivity index (χ3v) is 9.80. The highest BCUT2D eigenvalue weighted by Gasteiger charge is 2.21. The van der Waals surface area contributed by atoms with Gasteiger partial charge in [0.05, 0.1) is 0 Å². The molecule has 0 bridgehead atoms. The van der Waals surface area contributed by atoms with E-state index in [1.54, 1.807) is 0 Å². The molecular weight excluding hydrogens is 615 g/mol. The van der Waals surface area contributed by atoms with Gasteiger partial charge in [0.2, 0.25) is 0 Å². The molecule has 1 heteroatoms. The number of fused-ring (bicyclic) bond motifs is 3. The summed E-state index contributed by atoms with van der Waals surface area (Å²) >= 11 is 0. The molecule has 0 atom stereocenters. The number of para-hydroxylation sites is 1. The van der Waals surface area contributed by atoms with Crippen LogP contribution in [-0.4, -0.2) is 0 Å². The second kappa shape index (κ2) is 13.3. The molecule has 9 aromatic rings. The molecule has 0 saturated heterocycles. The van der Waals surface area contributed by atoms with Crippen LogP contribution >= 0.6 is 0 Å². The van der Waals surface area contributed by atoms with Crippen molar-refractivity contribution in [3.8, 4) is 44.5 Å². The van der Waals surface area contributed by atoms with Gasteiger partial charge in [-0.2, -0.15) is 0 Å². The van der Waals surface area contributed by atoms with E-state index in [4.69, 9.17) is 0 Å². The smallest absolute Gasteiger partial charge is 0.0473 e. The van der Waals surface area contributed by atoms with E-state index in [9.17, 15) is 0 Å². The highest BCUT2D eigenvalue weighted by molar-refractivity contribution is 6.22. The fourth-order valence-electron chi connectivity index (χ4n) is 7.49. The van der Waals surface area contributed by atoms with Gasteiger partial charge >= 0.3 is 0 Å². The van der Waals surface area contributed by atoms with E-state index < -0.39 is 0 Å². The molecule has 0 aliphatic rings. The minimum Gasteiger partial charge on any atom is -0.310 e. The molecule has 0 aliphatic carbocycles. The van der Waals surface area contributed by atoms with E-state index in [-0.39, 0.29) is 0 Å². The van der Waals surface area contributed by atoms with Crippen LogP contribution in [0.2, 0.25) is 0 Å². The van der Waals surface area contributed by atoms with Crippen molar-refractivity contribution in [2.75, 3.05) is 4.90 Å². The molecule has 0 unspecified atom stereocenters. The number of benzene rings is 9. The monoisotopic (exact) mass is 649 g/mol. The number of anilines is 3. The third kappa shape index (κ3) is 5.75. The largest absolute Gasteiger partial charge is 0.310 e. The molecule has 0 N–H and O–H groups in total. The van der Waals surface area contributed by atoms with Crippen molar-refractivity contribution >= 4 is 38.6 Å². The second-order valence-corrected chi connectivity index (χ2v) is 12.9. The molecule has 51 heavy (non-hydrogen) atoms. The van der Waals surface area contributed by atoms with Crippen molar-refractivity contribution in [3.05, 3.63) is 212 Å². The van der Waals surface area contributed by atoms with Crippen LogP contribution in [-0.2, 0) is 0 Å². The first kappa shape index (κ1) is 30.4. The maximum absolute atomic E-state index is 2.40. The Labute approximate surface area is 299 Å². The van der Waals surface area contributed by atoms with E-state index >= 15 is 0 Å².